The van der Waals surface area contributed by atoms with Gasteiger partial charge in [-0.1, -0.05) is 13.0 Å². The molecule has 1 aliphatic rings. The minimum absolute atomic E-state index is 0.290. The molecule has 0 spiro atoms. The summed E-state index contributed by atoms with van der Waals surface area (Å²) >= 11 is 0. The molecular weight excluding hydrogens is 244 g/mol. The van der Waals surface area contributed by atoms with Crippen molar-refractivity contribution in [2.24, 2.45) is 5.92 Å². The molecule has 2 rings (SSSR count). The minimum Gasteiger partial charge on any atom is -0.309 e. The molecule has 0 amide bonds. The first-order valence-electron chi connectivity index (χ1n) is 5.59. The summed E-state index contributed by atoms with van der Waals surface area (Å²) in [5.41, 5.74) is 0.397. The summed E-state index contributed by atoms with van der Waals surface area (Å²) in [5, 5.41) is 3.18. The standard InChI is InChI=1S/C12H15F2NOS/c1-8-5-15-12(7-17(16)6-8)10-3-2-9(13)4-11(10)14/h2-4,8,12,15H,5-7H2,1H3. The van der Waals surface area contributed by atoms with Crippen LogP contribution in [0, 0.1) is 17.6 Å². The second-order valence-corrected chi connectivity index (χ2v) is 6.05. The summed E-state index contributed by atoms with van der Waals surface area (Å²) in [6.07, 6.45) is 0. The third kappa shape index (κ3) is 3.10. The van der Waals surface area contributed by atoms with Crippen LogP contribution < -0.4 is 5.32 Å². The molecule has 1 aliphatic heterocycles. The maximum Gasteiger partial charge on any atom is 0.130 e. The van der Waals surface area contributed by atoms with E-state index in [1.807, 2.05) is 6.92 Å². The Kier molecular flexibility index (Phi) is 3.89. The van der Waals surface area contributed by atoms with Crippen LogP contribution in [-0.4, -0.2) is 22.3 Å². The molecule has 0 aromatic heterocycles. The van der Waals surface area contributed by atoms with Crippen molar-refractivity contribution in [1.29, 1.82) is 0 Å². The summed E-state index contributed by atoms with van der Waals surface area (Å²) in [6, 6.07) is 3.24. The zero-order valence-electron chi connectivity index (χ0n) is 9.58. The second-order valence-electron chi connectivity index (χ2n) is 4.51. The molecule has 0 aliphatic carbocycles. The van der Waals surface area contributed by atoms with Gasteiger partial charge in [0.2, 0.25) is 0 Å². The number of hydrogen-bond donors (Lipinski definition) is 1. The zero-order chi connectivity index (χ0) is 12.4. The van der Waals surface area contributed by atoms with Crippen molar-refractivity contribution < 1.29 is 13.0 Å². The lowest BCUT2D eigenvalue weighted by atomic mass is 10.1. The Hall–Kier alpha value is -0.810. The predicted molar refractivity (Wildman–Crippen MR) is 64.1 cm³/mol. The molecule has 1 heterocycles. The monoisotopic (exact) mass is 259 g/mol. The highest BCUT2D eigenvalue weighted by Crippen LogP contribution is 2.21. The van der Waals surface area contributed by atoms with Crippen molar-refractivity contribution in [3.05, 3.63) is 35.4 Å². The zero-order valence-corrected chi connectivity index (χ0v) is 10.4. The maximum absolute atomic E-state index is 13.6. The Morgan fingerprint density at radius 2 is 2.12 bits per heavy atom. The molecule has 2 nitrogen and oxygen atoms in total. The Morgan fingerprint density at radius 1 is 1.35 bits per heavy atom. The van der Waals surface area contributed by atoms with E-state index < -0.39 is 22.4 Å². The first-order valence-corrected chi connectivity index (χ1v) is 7.08. The molecule has 1 aromatic carbocycles. The van der Waals surface area contributed by atoms with E-state index in [9.17, 15) is 13.0 Å². The number of halogens is 2. The van der Waals surface area contributed by atoms with Crippen LogP contribution in [0.5, 0.6) is 0 Å². The van der Waals surface area contributed by atoms with Gasteiger partial charge in [0.25, 0.3) is 0 Å². The summed E-state index contributed by atoms with van der Waals surface area (Å²) in [4.78, 5) is 0. The predicted octanol–water partition coefficient (Wildman–Crippen LogP) is 1.99. The lowest BCUT2D eigenvalue weighted by Gasteiger charge is -2.16. The van der Waals surface area contributed by atoms with E-state index in [1.54, 1.807) is 0 Å². The van der Waals surface area contributed by atoms with Gasteiger partial charge in [0.15, 0.2) is 0 Å². The van der Waals surface area contributed by atoms with Gasteiger partial charge in [0, 0.05) is 40.0 Å². The van der Waals surface area contributed by atoms with Crippen LogP contribution in [0.2, 0.25) is 0 Å². The fraction of sp³-hybridized carbons (Fsp3) is 0.500. The summed E-state index contributed by atoms with van der Waals surface area (Å²) in [6.45, 7) is 2.71. The molecule has 94 valence electrons. The smallest absolute Gasteiger partial charge is 0.130 e. The molecule has 0 radical (unpaired) electrons. The van der Waals surface area contributed by atoms with Gasteiger partial charge in [-0.15, -0.1) is 0 Å². The van der Waals surface area contributed by atoms with Gasteiger partial charge in [0.05, 0.1) is 0 Å². The van der Waals surface area contributed by atoms with Gasteiger partial charge in [-0.05, 0) is 18.5 Å². The van der Waals surface area contributed by atoms with E-state index in [-0.39, 0.29) is 6.04 Å². The number of nitrogens with one attached hydrogen (secondary N) is 1. The van der Waals surface area contributed by atoms with Gasteiger partial charge >= 0.3 is 0 Å². The number of benzene rings is 1. The highest BCUT2D eigenvalue weighted by molar-refractivity contribution is 7.85. The van der Waals surface area contributed by atoms with E-state index in [2.05, 4.69) is 5.32 Å². The van der Waals surface area contributed by atoms with E-state index in [4.69, 9.17) is 0 Å². The van der Waals surface area contributed by atoms with Crippen molar-refractivity contribution >= 4 is 10.8 Å². The second kappa shape index (κ2) is 5.23. The summed E-state index contributed by atoms with van der Waals surface area (Å²) in [5.74, 6) is 0.159. The number of hydrogen-bond acceptors (Lipinski definition) is 2. The largest absolute Gasteiger partial charge is 0.309 e. The highest BCUT2D eigenvalue weighted by atomic mass is 32.2. The molecular formula is C12H15F2NOS. The normalized spacial score (nSPS) is 29.9. The van der Waals surface area contributed by atoms with E-state index in [0.717, 1.165) is 6.07 Å². The third-order valence-electron chi connectivity index (χ3n) is 2.87. The molecule has 5 heteroatoms. The number of rotatable bonds is 1. The van der Waals surface area contributed by atoms with Gasteiger partial charge in [-0.3, -0.25) is 4.21 Å². The lowest BCUT2D eigenvalue weighted by molar-refractivity contribution is 0.492. The van der Waals surface area contributed by atoms with Gasteiger partial charge < -0.3 is 5.32 Å². The SMILES string of the molecule is CC1CNC(c2ccc(F)cc2F)CS(=O)C1. The van der Waals surface area contributed by atoms with Crippen LogP contribution in [0.3, 0.4) is 0 Å². The average Bonchev–Trinajstić information content (AvgIpc) is 2.39. The topological polar surface area (TPSA) is 29.1 Å². The molecule has 1 saturated heterocycles. The van der Waals surface area contributed by atoms with Crippen molar-refractivity contribution in [2.75, 3.05) is 18.1 Å². The van der Waals surface area contributed by atoms with Crippen molar-refractivity contribution in [3.8, 4) is 0 Å². The van der Waals surface area contributed by atoms with Crippen molar-refractivity contribution in [1.82, 2.24) is 5.32 Å². The van der Waals surface area contributed by atoms with Gasteiger partial charge in [-0.2, -0.15) is 0 Å². The molecule has 3 atom stereocenters. The first kappa shape index (κ1) is 12.6. The summed E-state index contributed by atoms with van der Waals surface area (Å²) < 4.78 is 38.2. The van der Waals surface area contributed by atoms with Crippen LogP contribution in [0.25, 0.3) is 0 Å². The van der Waals surface area contributed by atoms with Gasteiger partial charge in [0.1, 0.15) is 11.6 Å². The highest BCUT2D eigenvalue weighted by Gasteiger charge is 2.23. The molecule has 0 bridgehead atoms. The van der Waals surface area contributed by atoms with E-state index >= 15 is 0 Å². The Labute approximate surface area is 102 Å². The van der Waals surface area contributed by atoms with Crippen LogP contribution in [0.15, 0.2) is 18.2 Å². The fourth-order valence-electron chi connectivity index (χ4n) is 2.02. The molecule has 1 aromatic rings. The summed E-state index contributed by atoms with van der Waals surface area (Å²) in [7, 11) is -0.955. The van der Waals surface area contributed by atoms with Crippen molar-refractivity contribution in [2.45, 2.75) is 13.0 Å². The molecule has 3 unspecified atom stereocenters. The quantitative estimate of drug-likeness (QED) is 0.835. The van der Waals surface area contributed by atoms with Gasteiger partial charge in [-0.25, -0.2) is 8.78 Å². The molecule has 1 fully saturated rings. The van der Waals surface area contributed by atoms with E-state index in [0.29, 0.717) is 29.5 Å². The average molecular weight is 259 g/mol. The maximum atomic E-state index is 13.6. The van der Waals surface area contributed by atoms with Crippen molar-refractivity contribution in [3.63, 3.8) is 0 Å². The van der Waals surface area contributed by atoms with Crippen LogP contribution >= 0.6 is 0 Å². The van der Waals surface area contributed by atoms with E-state index in [1.165, 1.54) is 12.1 Å². The molecule has 0 saturated carbocycles. The lowest BCUT2D eigenvalue weighted by Crippen LogP contribution is -2.26. The Balaban J connectivity index is 2.23. The van der Waals surface area contributed by atoms with Crippen LogP contribution in [-0.2, 0) is 10.8 Å². The molecule has 17 heavy (non-hydrogen) atoms. The Morgan fingerprint density at radius 3 is 2.82 bits per heavy atom. The van der Waals surface area contributed by atoms with Crippen LogP contribution in [0.4, 0.5) is 8.78 Å². The minimum atomic E-state index is -0.955. The Bertz CT molecular complexity index is 439. The first-order chi connectivity index (χ1) is 8.06. The molecule has 1 N–H and O–H groups in total. The third-order valence-corrected chi connectivity index (χ3v) is 4.52. The fourth-order valence-corrected chi connectivity index (χ4v) is 3.57. The van der Waals surface area contributed by atoms with Crippen LogP contribution in [0.1, 0.15) is 18.5 Å².